The molecule has 0 fully saturated rings. The minimum Gasteiger partial charge on any atom is -0.281 e. The molecule has 3 heteroatoms. The number of rotatable bonds is 4. The summed E-state index contributed by atoms with van der Waals surface area (Å²) in [5.74, 6) is 0. The van der Waals surface area contributed by atoms with Crippen LogP contribution < -0.4 is 0 Å². The maximum Gasteiger partial charge on any atom is 0.221 e. The van der Waals surface area contributed by atoms with E-state index >= 15 is 0 Å². The van der Waals surface area contributed by atoms with Crippen molar-refractivity contribution in [2.75, 3.05) is 0 Å². The van der Waals surface area contributed by atoms with Crippen molar-refractivity contribution in [3.05, 3.63) is 34.3 Å². The van der Waals surface area contributed by atoms with Crippen LogP contribution in [0.3, 0.4) is 0 Å². The fourth-order valence-corrected chi connectivity index (χ4v) is 1.82. The molecule has 0 aliphatic carbocycles. The molecule has 1 nitrogen and oxygen atoms in total. The second-order valence-electron chi connectivity index (χ2n) is 4.25. The molecule has 0 radical (unpaired) electrons. The molecule has 0 heterocycles. The van der Waals surface area contributed by atoms with Gasteiger partial charge in [0, 0.05) is 10.9 Å². The van der Waals surface area contributed by atoms with Crippen LogP contribution in [0, 0.1) is 0 Å². The number of hydrogen-bond acceptors (Lipinski definition) is 1. The molecule has 0 spiro atoms. The van der Waals surface area contributed by atoms with Gasteiger partial charge in [-0.15, -0.1) is 0 Å². The van der Waals surface area contributed by atoms with E-state index in [1.54, 1.807) is 0 Å². The Morgan fingerprint density at radius 1 is 1.33 bits per heavy atom. The van der Waals surface area contributed by atoms with Crippen LogP contribution >= 0.6 is 27.5 Å². The Labute approximate surface area is 104 Å². The van der Waals surface area contributed by atoms with Crippen molar-refractivity contribution in [3.63, 3.8) is 0 Å². The van der Waals surface area contributed by atoms with Gasteiger partial charge in [-0.1, -0.05) is 41.9 Å². The van der Waals surface area contributed by atoms with Gasteiger partial charge in [0.2, 0.25) is 5.24 Å². The Morgan fingerprint density at radius 3 is 2.33 bits per heavy atom. The van der Waals surface area contributed by atoms with Crippen LogP contribution in [0.2, 0.25) is 0 Å². The van der Waals surface area contributed by atoms with Crippen LogP contribution in [0.15, 0.2) is 28.7 Å². The molecule has 0 atom stereocenters. The van der Waals surface area contributed by atoms with E-state index in [1.165, 1.54) is 5.56 Å². The van der Waals surface area contributed by atoms with Gasteiger partial charge in [0.15, 0.2) is 0 Å². The number of carbonyl (C=O) groups excluding carboxylic acids is 1. The van der Waals surface area contributed by atoms with Crippen molar-refractivity contribution in [1.82, 2.24) is 0 Å². The summed E-state index contributed by atoms with van der Waals surface area (Å²) in [6.07, 6.45) is 1.20. The summed E-state index contributed by atoms with van der Waals surface area (Å²) < 4.78 is 1.07. The molecule has 0 aliphatic rings. The summed E-state index contributed by atoms with van der Waals surface area (Å²) in [5, 5.41) is -0.264. The van der Waals surface area contributed by atoms with E-state index in [0.717, 1.165) is 10.9 Å². The van der Waals surface area contributed by atoms with E-state index in [9.17, 15) is 4.79 Å². The van der Waals surface area contributed by atoms with E-state index < -0.39 is 0 Å². The minimum absolute atomic E-state index is 0.00868. The van der Waals surface area contributed by atoms with Gasteiger partial charge in [0.25, 0.3) is 0 Å². The fourth-order valence-electron chi connectivity index (χ4n) is 1.46. The van der Waals surface area contributed by atoms with Gasteiger partial charge in [-0.05, 0) is 41.1 Å². The molecule has 0 bridgehead atoms. The highest BCUT2D eigenvalue weighted by molar-refractivity contribution is 9.10. The highest BCUT2D eigenvalue weighted by Crippen LogP contribution is 2.29. The molecule has 0 saturated carbocycles. The van der Waals surface area contributed by atoms with Crippen molar-refractivity contribution < 1.29 is 4.79 Å². The largest absolute Gasteiger partial charge is 0.281 e. The molecule has 0 aliphatic heterocycles. The second-order valence-corrected chi connectivity index (χ2v) is 5.58. The highest BCUT2D eigenvalue weighted by Gasteiger charge is 2.20. The van der Waals surface area contributed by atoms with Crippen molar-refractivity contribution in [2.45, 2.75) is 32.1 Å². The Kier molecular flexibility index (Phi) is 4.35. The highest BCUT2D eigenvalue weighted by atomic mass is 79.9. The summed E-state index contributed by atoms with van der Waals surface area (Å²) >= 11 is 8.75. The molecule has 0 amide bonds. The van der Waals surface area contributed by atoms with Crippen LogP contribution in [-0.2, 0) is 10.2 Å². The van der Waals surface area contributed by atoms with Crippen LogP contribution in [-0.4, -0.2) is 5.24 Å². The first-order valence-electron chi connectivity index (χ1n) is 4.86. The first kappa shape index (κ1) is 12.7. The quantitative estimate of drug-likeness (QED) is 0.756. The Morgan fingerprint density at radius 2 is 1.87 bits per heavy atom. The van der Waals surface area contributed by atoms with E-state index in [0.29, 0.717) is 6.42 Å². The summed E-state index contributed by atoms with van der Waals surface area (Å²) in [6.45, 7) is 4.24. The number of halogens is 2. The number of hydrogen-bond donors (Lipinski definition) is 0. The summed E-state index contributed by atoms with van der Waals surface area (Å²) in [7, 11) is 0. The molecule has 1 aromatic rings. The zero-order valence-corrected chi connectivity index (χ0v) is 11.2. The average Bonchev–Trinajstić information content (AvgIpc) is 2.16. The first-order chi connectivity index (χ1) is 6.92. The summed E-state index contributed by atoms with van der Waals surface area (Å²) in [5.41, 5.74) is 1.22. The number of benzene rings is 1. The molecular weight excluding hydrogens is 275 g/mol. The van der Waals surface area contributed by atoms with Crippen LogP contribution in [0.25, 0.3) is 0 Å². The number of carbonyl (C=O) groups is 1. The Bertz CT molecular complexity index is 343. The molecule has 1 rings (SSSR count). The lowest BCUT2D eigenvalue weighted by Gasteiger charge is -2.24. The van der Waals surface area contributed by atoms with Gasteiger partial charge in [-0.3, -0.25) is 4.79 Å². The minimum atomic E-state index is -0.264. The zero-order chi connectivity index (χ0) is 11.5. The maximum absolute atomic E-state index is 10.7. The molecule has 0 unspecified atom stereocenters. The molecule has 0 aromatic heterocycles. The lowest BCUT2D eigenvalue weighted by molar-refractivity contribution is -0.112. The lowest BCUT2D eigenvalue weighted by atomic mass is 9.81. The molecular formula is C12H14BrClO. The van der Waals surface area contributed by atoms with E-state index in [1.807, 2.05) is 12.1 Å². The fraction of sp³-hybridized carbons (Fsp3) is 0.417. The average molecular weight is 290 g/mol. The lowest BCUT2D eigenvalue weighted by Crippen LogP contribution is -2.17. The predicted octanol–water partition coefficient (Wildman–Crippen LogP) is 4.27. The SMILES string of the molecule is CC(C)(CCC(=O)Cl)c1ccc(Br)cc1. The maximum atomic E-state index is 10.7. The van der Waals surface area contributed by atoms with E-state index in [-0.39, 0.29) is 10.7 Å². The molecule has 15 heavy (non-hydrogen) atoms. The Balaban J connectivity index is 2.76. The second kappa shape index (κ2) is 5.13. The summed E-state index contributed by atoms with van der Waals surface area (Å²) in [4.78, 5) is 10.7. The van der Waals surface area contributed by atoms with E-state index in [2.05, 4.69) is 41.9 Å². The van der Waals surface area contributed by atoms with Crippen LogP contribution in [0.1, 0.15) is 32.3 Å². The van der Waals surface area contributed by atoms with Crippen LogP contribution in [0.5, 0.6) is 0 Å². The third-order valence-corrected chi connectivity index (χ3v) is 3.29. The summed E-state index contributed by atoms with van der Waals surface area (Å²) in [6, 6.07) is 8.17. The smallest absolute Gasteiger partial charge is 0.221 e. The Hall–Kier alpha value is -0.340. The van der Waals surface area contributed by atoms with Crippen LogP contribution in [0.4, 0.5) is 0 Å². The molecule has 82 valence electrons. The third kappa shape index (κ3) is 3.96. The normalized spacial score (nSPS) is 11.5. The third-order valence-electron chi connectivity index (χ3n) is 2.57. The molecule has 0 N–H and O–H groups in total. The monoisotopic (exact) mass is 288 g/mol. The topological polar surface area (TPSA) is 17.1 Å². The van der Waals surface area contributed by atoms with Crippen molar-refractivity contribution in [3.8, 4) is 0 Å². The standard InChI is InChI=1S/C12H14BrClO/c1-12(2,8-7-11(14)15)9-3-5-10(13)6-4-9/h3-6H,7-8H2,1-2H3. The van der Waals surface area contributed by atoms with Crippen molar-refractivity contribution >= 4 is 32.8 Å². The van der Waals surface area contributed by atoms with Gasteiger partial charge < -0.3 is 0 Å². The predicted molar refractivity (Wildman–Crippen MR) is 67.3 cm³/mol. The molecule has 1 aromatic carbocycles. The van der Waals surface area contributed by atoms with Crippen molar-refractivity contribution in [2.24, 2.45) is 0 Å². The molecule has 0 saturated heterocycles. The van der Waals surface area contributed by atoms with Crippen molar-refractivity contribution in [1.29, 1.82) is 0 Å². The van der Waals surface area contributed by atoms with Gasteiger partial charge in [-0.25, -0.2) is 0 Å². The zero-order valence-electron chi connectivity index (χ0n) is 8.89. The van der Waals surface area contributed by atoms with Gasteiger partial charge in [-0.2, -0.15) is 0 Å². The van der Waals surface area contributed by atoms with Gasteiger partial charge in [0.05, 0.1) is 0 Å². The first-order valence-corrected chi connectivity index (χ1v) is 6.03. The van der Waals surface area contributed by atoms with E-state index in [4.69, 9.17) is 11.6 Å². The van der Waals surface area contributed by atoms with Gasteiger partial charge in [0.1, 0.15) is 0 Å². The van der Waals surface area contributed by atoms with Gasteiger partial charge >= 0.3 is 0 Å².